The van der Waals surface area contributed by atoms with Gasteiger partial charge in [-0.2, -0.15) is 0 Å². The molecular formula is C12H22N2O3S2. The number of rotatable bonds is 8. The molecule has 0 saturated heterocycles. The summed E-state index contributed by atoms with van der Waals surface area (Å²) >= 11 is 1.31. The lowest BCUT2D eigenvalue weighted by atomic mass is 10.2. The van der Waals surface area contributed by atoms with Gasteiger partial charge in [-0.25, -0.2) is 13.1 Å². The summed E-state index contributed by atoms with van der Waals surface area (Å²) < 4.78 is 32.3. The third-order valence-electron chi connectivity index (χ3n) is 2.67. The van der Waals surface area contributed by atoms with Crippen molar-refractivity contribution < 1.29 is 13.2 Å². The molecule has 1 aromatic heterocycles. The Morgan fingerprint density at radius 2 is 2.16 bits per heavy atom. The molecule has 0 bridgehead atoms. The Bertz CT molecular complexity index is 497. The van der Waals surface area contributed by atoms with Gasteiger partial charge in [0.1, 0.15) is 4.21 Å². The summed E-state index contributed by atoms with van der Waals surface area (Å²) in [6.45, 7) is 5.48. The molecule has 1 rings (SSSR count). The van der Waals surface area contributed by atoms with Gasteiger partial charge in [-0.05, 0) is 31.5 Å². The molecule has 2 N–H and O–H groups in total. The molecule has 7 heteroatoms. The van der Waals surface area contributed by atoms with Crippen LogP contribution in [0.4, 0.5) is 0 Å². The Labute approximate surface area is 119 Å². The van der Waals surface area contributed by atoms with Crippen molar-refractivity contribution in [2.24, 2.45) is 5.92 Å². The Kier molecular flexibility index (Phi) is 6.41. The number of hydrogen-bond donors (Lipinski definition) is 2. The van der Waals surface area contributed by atoms with E-state index in [1.807, 2.05) is 20.9 Å². The fraction of sp³-hybridized carbons (Fsp3) is 0.667. The van der Waals surface area contributed by atoms with Gasteiger partial charge in [0.2, 0.25) is 10.0 Å². The van der Waals surface area contributed by atoms with Crippen LogP contribution in [0.3, 0.4) is 0 Å². The van der Waals surface area contributed by atoms with Crippen LogP contribution in [-0.4, -0.2) is 35.7 Å². The van der Waals surface area contributed by atoms with Gasteiger partial charge in [0.25, 0.3) is 0 Å². The molecule has 0 radical (unpaired) electrons. The monoisotopic (exact) mass is 306 g/mol. The van der Waals surface area contributed by atoms with Crippen LogP contribution < -0.4 is 10.0 Å². The molecule has 0 amide bonds. The van der Waals surface area contributed by atoms with Gasteiger partial charge in [-0.3, -0.25) is 0 Å². The average Bonchev–Trinajstić information content (AvgIpc) is 2.71. The van der Waals surface area contributed by atoms with Gasteiger partial charge in [-0.1, -0.05) is 6.92 Å². The minimum atomic E-state index is -3.41. The maximum atomic E-state index is 12.1. The van der Waals surface area contributed by atoms with Crippen molar-refractivity contribution in [2.75, 3.05) is 27.3 Å². The SMILES string of the molecule is CNCc1sc(S(=O)(=O)NCC(C)COC)cc1C. The van der Waals surface area contributed by atoms with E-state index in [0.29, 0.717) is 23.9 Å². The molecule has 0 aromatic carbocycles. The zero-order valence-corrected chi connectivity index (χ0v) is 13.5. The molecule has 0 spiro atoms. The van der Waals surface area contributed by atoms with Crippen molar-refractivity contribution in [3.05, 3.63) is 16.5 Å². The number of methoxy groups -OCH3 is 1. The van der Waals surface area contributed by atoms with Crippen LogP contribution in [0.5, 0.6) is 0 Å². The standard InChI is InChI=1S/C12H22N2O3S2/c1-9(8-17-4)6-14-19(15,16)12-5-10(2)11(18-12)7-13-3/h5,9,13-14H,6-8H2,1-4H3. The second-order valence-electron chi connectivity index (χ2n) is 4.61. The number of thiophene rings is 1. The highest BCUT2D eigenvalue weighted by Gasteiger charge is 2.19. The predicted octanol–water partition coefficient (Wildman–Crippen LogP) is 1.34. The van der Waals surface area contributed by atoms with Crippen molar-refractivity contribution in [3.8, 4) is 0 Å². The molecule has 5 nitrogen and oxygen atoms in total. The smallest absolute Gasteiger partial charge is 0.250 e. The zero-order chi connectivity index (χ0) is 14.5. The molecule has 1 heterocycles. The number of ether oxygens (including phenoxy) is 1. The summed E-state index contributed by atoms with van der Waals surface area (Å²) in [5, 5.41) is 3.04. The second-order valence-corrected chi connectivity index (χ2v) is 7.74. The normalized spacial score (nSPS) is 13.7. The molecule has 0 aliphatic heterocycles. The highest BCUT2D eigenvalue weighted by molar-refractivity contribution is 7.91. The van der Waals surface area contributed by atoms with Crippen LogP contribution in [-0.2, 0) is 21.3 Å². The summed E-state index contributed by atoms with van der Waals surface area (Å²) in [6, 6.07) is 1.72. The summed E-state index contributed by atoms with van der Waals surface area (Å²) in [6.07, 6.45) is 0. The first kappa shape index (κ1) is 16.6. The molecule has 110 valence electrons. The number of hydrogen-bond acceptors (Lipinski definition) is 5. The molecule has 1 unspecified atom stereocenters. The first-order chi connectivity index (χ1) is 8.90. The average molecular weight is 306 g/mol. The molecule has 0 saturated carbocycles. The fourth-order valence-electron chi connectivity index (χ4n) is 1.62. The van der Waals surface area contributed by atoms with Gasteiger partial charge in [0.15, 0.2) is 0 Å². The van der Waals surface area contributed by atoms with Crippen LogP contribution in [0, 0.1) is 12.8 Å². The van der Waals surface area contributed by atoms with Crippen molar-refractivity contribution in [2.45, 2.75) is 24.6 Å². The van der Waals surface area contributed by atoms with E-state index in [-0.39, 0.29) is 5.92 Å². The highest BCUT2D eigenvalue weighted by atomic mass is 32.2. The molecule has 1 atom stereocenters. The van der Waals surface area contributed by atoms with Gasteiger partial charge >= 0.3 is 0 Å². The number of nitrogens with one attached hydrogen (secondary N) is 2. The molecule has 1 aromatic rings. The Balaban J connectivity index is 2.74. The lowest BCUT2D eigenvalue weighted by Crippen LogP contribution is -2.29. The van der Waals surface area contributed by atoms with Crippen molar-refractivity contribution in [1.29, 1.82) is 0 Å². The molecule has 19 heavy (non-hydrogen) atoms. The van der Waals surface area contributed by atoms with Crippen LogP contribution in [0.15, 0.2) is 10.3 Å². The Morgan fingerprint density at radius 3 is 2.74 bits per heavy atom. The Morgan fingerprint density at radius 1 is 1.47 bits per heavy atom. The minimum Gasteiger partial charge on any atom is -0.384 e. The van der Waals surface area contributed by atoms with Crippen LogP contribution >= 0.6 is 11.3 Å². The van der Waals surface area contributed by atoms with E-state index in [9.17, 15) is 8.42 Å². The maximum absolute atomic E-state index is 12.1. The van der Waals surface area contributed by atoms with E-state index < -0.39 is 10.0 Å². The van der Waals surface area contributed by atoms with Crippen molar-refractivity contribution >= 4 is 21.4 Å². The van der Waals surface area contributed by atoms with Crippen LogP contribution in [0.2, 0.25) is 0 Å². The van der Waals surface area contributed by atoms with Gasteiger partial charge < -0.3 is 10.1 Å². The van der Waals surface area contributed by atoms with Gasteiger partial charge in [0, 0.05) is 31.7 Å². The third kappa shape index (κ3) is 4.85. The fourth-order valence-corrected chi connectivity index (χ4v) is 4.43. The topological polar surface area (TPSA) is 67.4 Å². The second kappa shape index (κ2) is 7.35. The first-order valence-corrected chi connectivity index (χ1v) is 8.43. The lowest BCUT2D eigenvalue weighted by molar-refractivity contribution is 0.161. The number of aryl methyl sites for hydroxylation is 1. The van der Waals surface area contributed by atoms with E-state index in [1.54, 1.807) is 13.2 Å². The van der Waals surface area contributed by atoms with Crippen molar-refractivity contribution in [1.82, 2.24) is 10.0 Å². The molecule has 0 aliphatic carbocycles. The van der Waals surface area contributed by atoms with E-state index in [1.165, 1.54) is 11.3 Å². The summed E-state index contributed by atoms with van der Waals surface area (Å²) in [4.78, 5) is 1.05. The van der Waals surface area contributed by atoms with E-state index in [2.05, 4.69) is 10.0 Å². The van der Waals surface area contributed by atoms with Gasteiger partial charge in [-0.15, -0.1) is 11.3 Å². The van der Waals surface area contributed by atoms with E-state index in [4.69, 9.17) is 4.74 Å². The van der Waals surface area contributed by atoms with Crippen LogP contribution in [0.25, 0.3) is 0 Å². The minimum absolute atomic E-state index is 0.151. The zero-order valence-electron chi connectivity index (χ0n) is 11.8. The van der Waals surface area contributed by atoms with E-state index >= 15 is 0 Å². The maximum Gasteiger partial charge on any atom is 0.250 e. The summed E-state index contributed by atoms with van der Waals surface area (Å²) in [5.41, 5.74) is 1.00. The van der Waals surface area contributed by atoms with Crippen molar-refractivity contribution in [3.63, 3.8) is 0 Å². The lowest BCUT2D eigenvalue weighted by Gasteiger charge is -2.10. The third-order valence-corrected chi connectivity index (χ3v) is 5.81. The molecule has 0 fully saturated rings. The summed E-state index contributed by atoms with van der Waals surface area (Å²) in [7, 11) is 0.0456. The predicted molar refractivity (Wildman–Crippen MR) is 78.0 cm³/mol. The Hall–Kier alpha value is -0.470. The molecular weight excluding hydrogens is 284 g/mol. The summed E-state index contributed by atoms with van der Waals surface area (Å²) in [5.74, 6) is 0.151. The van der Waals surface area contributed by atoms with E-state index in [0.717, 1.165) is 10.4 Å². The van der Waals surface area contributed by atoms with Gasteiger partial charge in [0.05, 0.1) is 0 Å². The highest BCUT2D eigenvalue weighted by Crippen LogP contribution is 2.25. The van der Waals surface area contributed by atoms with Crippen LogP contribution in [0.1, 0.15) is 17.4 Å². The quantitative estimate of drug-likeness (QED) is 0.760. The largest absolute Gasteiger partial charge is 0.384 e. The molecule has 0 aliphatic rings. The first-order valence-electron chi connectivity index (χ1n) is 6.13. The number of sulfonamides is 1.